The quantitative estimate of drug-likeness (QED) is 0.724. The SMILES string of the molecule is CC(C)c1ccc(NCC(=O)NCCCc2ccccc2)cc1. The van der Waals surface area contributed by atoms with Gasteiger partial charge in [-0.3, -0.25) is 4.79 Å². The molecule has 2 aromatic rings. The molecule has 0 heterocycles. The predicted octanol–water partition coefficient (Wildman–Crippen LogP) is 3.97. The van der Waals surface area contributed by atoms with Gasteiger partial charge < -0.3 is 10.6 Å². The Kier molecular flexibility index (Phi) is 6.67. The van der Waals surface area contributed by atoms with Crippen molar-refractivity contribution in [3.05, 3.63) is 65.7 Å². The van der Waals surface area contributed by atoms with Gasteiger partial charge in [0.15, 0.2) is 0 Å². The lowest BCUT2D eigenvalue weighted by Gasteiger charge is -2.10. The van der Waals surface area contributed by atoms with Crippen molar-refractivity contribution >= 4 is 11.6 Å². The van der Waals surface area contributed by atoms with Gasteiger partial charge in [-0.15, -0.1) is 0 Å². The average molecular weight is 310 g/mol. The molecule has 0 saturated heterocycles. The van der Waals surface area contributed by atoms with E-state index in [0.717, 1.165) is 18.5 Å². The molecule has 0 aliphatic carbocycles. The van der Waals surface area contributed by atoms with Crippen LogP contribution < -0.4 is 10.6 Å². The maximum atomic E-state index is 11.8. The molecule has 3 heteroatoms. The number of carbonyl (C=O) groups is 1. The molecule has 23 heavy (non-hydrogen) atoms. The molecule has 0 spiro atoms. The van der Waals surface area contributed by atoms with Crippen molar-refractivity contribution in [2.24, 2.45) is 0 Å². The number of hydrogen-bond acceptors (Lipinski definition) is 2. The van der Waals surface area contributed by atoms with Gasteiger partial charge in [0.05, 0.1) is 6.54 Å². The fourth-order valence-corrected chi connectivity index (χ4v) is 2.40. The third-order valence-electron chi connectivity index (χ3n) is 3.84. The van der Waals surface area contributed by atoms with Crippen molar-refractivity contribution in [1.29, 1.82) is 0 Å². The van der Waals surface area contributed by atoms with Gasteiger partial charge in [-0.2, -0.15) is 0 Å². The first-order chi connectivity index (χ1) is 11.1. The minimum Gasteiger partial charge on any atom is -0.376 e. The van der Waals surface area contributed by atoms with Gasteiger partial charge in [-0.05, 0) is 42.0 Å². The van der Waals surface area contributed by atoms with Crippen molar-refractivity contribution < 1.29 is 4.79 Å². The molecule has 0 saturated carbocycles. The van der Waals surface area contributed by atoms with E-state index in [0.29, 0.717) is 19.0 Å². The van der Waals surface area contributed by atoms with Gasteiger partial charge in [0.2, 0.25) is 5.91 Å². The minimum absolute atomic E-state index is 0.0333. The topological polar surface area (TPSA) is 41.1 Å². The second kappa shape index (κ2) is 8.99. The van der Waals surface area contributed by atoms with Crippen LogP contribution in [0.1, 0.15) is 37.3 Å². The predicted molar refractivity (Wildman–Crippen MR) is 96.8 cm³/mol. The molecule has 0 aliphatic heterocycles. The normalized spacial score (nSPS) is 10.6. The van der Waals surface area contributed by atoms with Crippen LogP contribution >= 0.6 is 0 Å². The molecule has 2 rings (SSSR count). The van der Waals surface area contributed by atoms with Crippen molar-refractivity contribution in [2.45, 2.75) is 32.6 Å². The summed E-state index contributed by atoms with van der Waals surface area (Å²) in [6, 6.07) is 18.6. The maximum absolute atomic E-state index is 11.8. The molecule has 0 aliphatic rings. The molecule has 1 amide bonds. The highest BCUT2D eigenvalue weighted by Crippen LogP contribution is 2.16. The van der Waals surface area contributed by atoms with E-state index in [1.165, 1.54) is 11.1 Å². The summed E-state index contributed by atoms with van der Waals surface area (Å²) in [4.78, 5) is 11.8. The van der Waals surface area contributed by atoms with E-state index in [1.54, 1.807) is 0 Å². The molecular weight excluding hydrogens is 284 g/mol. The summed E-state index contributed by atoms with van der Waals surface area (Å²) in [6.07, 6.45) is 1.95. The Morgan fingerprint density at radius 3 is 2.35 bits per heavy atom. The zero-order chi connectivity index (χ0) is 16.5. The molecule has 0 unspecified atom stereocenters. The zero-order valence-corrected chi connectivity index (χ0v) is 14.0. The van der Waals surface area contributed by atoms with Gasteiger partial charge >= 0.3 is 0 Å². The maximum Gasteiger partial charge on any atom is 0.239 e. The number of benzene rings is 2. The van der Waals surface area contributed by atoms with Crippen molar-refractivity contribution in [3.8, 4) is 0 Å². The smallest absolute Gasteiger partial charge is 0.239 e. The number of amides is 1. The lowest BCUT2D eigenvalue weighted by Crippen LogP contribution is -2.30. The van der Waals surface area contributed by atoms with Gasteiger partial charge in [-0.25, -0.2) is 0 Å². The fraction of sp³-hybridized carbons (Fsp3) is 0.350. The molecular formula is C20H26N2O. The van der Waals surface area contributed by atoms with Gasteiger partial charge in [0, 0.05) is 12.2 Å². The molecule has 2 N–H and O–H groups in total. The Morgan fingerprint density at radius 2 is 1.70 bits per heavy atom. The van der Waals surface area contributed by atoms with Gasteiger partial charge in [0.1, 0.15) is 0 Å². The first-order valence-electron chi connectivity index (χ1n) is 8.29. The standard InChI is InChI=1S/C20H26N2O/c1-16(2)18-10-12-19(13-11-18)22-15-20(23)21-14-6-9-17-7-4-3-5-8-17/h3-5,7-8,10-13,16,22H,6,9,14-15H2,1-2H3,(H,21,23). The van der Waals surface area contributed by atoms with E-state index in [1.807, 2.05) is 30.3 Å². The fourth-order valence-electron chi connectivity index (χ4n) is 2.40. The average Bonchev–Trinajstić information content (AvgIpc) is 2.58. The van der Waals surface area contributed by atoms with Crippen molar-refractivity contribution in [2.75, 3.05) is 18.4 Å². The van der Waals surface area contributed by atoms with E-state index in [9.17, 15) is 4.79 Å². The number of hydrogen-bond donors (Lipinski definition) is 2. The van der Waals surface area contributed by atoms with E-state index in [4.69, 9.17) is 0 Å². The summed E-state index contributed by atoms with van der Waals surface area (Å²) in [6.45, 7) is 5.37. The molecule has 0 fully saturated rings. The highest BCUT2D eigenvalue weighted by molar-refractivity contribution is 5.80. The van der Waals surface area contributed by atoms with Crippen LogP contribution in [-0.4, -0.2) is 19.0 Å². The van der Waals surface area contributed by atoms with E-state index in [2.05, 4.69) is 48.7 Å². The Balaban J connectivity index is 1.63. The molecule has 0 radical (unpaired) electrons. The number of anilines is 1. The van der Waals surface area contributed by atoms with Crippen LogP contribution in [0, 0.1) is 0 Å². The molecule has 2 aromatic carbocycles. The third kappa shape index (κ3) is 6.15. The highest BCUT2D eigenvalue weighted by atomic mass is 16.1. The van der Waals surface area contributed by atoms with E-state index in [-0.39, 0.29) is 5.91 Å². The zero-order valence-electron chi connectivity index (χ0n) is 14.0. The molecule has 122 valence electrons. The van der Waals surface area contributed by atoms with E-state index >= 15 is 0 Å². The molecule has 3 nitrogen and oxygen atoms in total. The Hall–Kier alpha value is -2.29. The summed E-state index contributed by atoms with van der Waals surface area (Å²) >= 11 is 0. The van der Waals surface area contributed by atoms with Crippen molar-refractivity contribution in [1.82, 2.24) is 5.32 Å². The van der Waals surface area contributed by atoms with Crippen LogP contribution in [0.5, 0.6) is 0 Å². The molecule has 0 atom stereocenters. The molecule has 0 bridgehead atoms. The minimum atomic E-state index is 0.0333. The van der Waals surface area contributed by atoms with Crippen LogP contribution in [0.25, 0.3) is 0 Å². The van der Waals surface area contributed by atoms with Crippen LogP contribution in [0.4, 0.5) is 5.69 Å². The van der Waals surface area contributed by atoms with Crippen LogP contribution in [-0.2, 0) is 11.2 Å². The number of aryl methyl sites for hydroxylation is 1. The summed E-state index contributed by atoms with van der Waals surface area (Å²) in [5.74, 6) is 0.558. The summed E-state index contributed by atoms with van der Waals surface area (Å²) in [5, 5.41) is 6.11. The Morgan fingerprint density at radius 1 is 1.00 bits per heavy atom. The number of rotatable bonds is 8. The summed E-state index contributed by atoms with van der Waals surface area (Å²) in [7, 11) is 0. The van der Waals surface area contributed by atoms with E-state index < -0.39 is 0 Å². The van der Waals surface area contributed by atoms with Gasteiger partial charge in [-0.1, -0.05) is 56.3 Å². The lowest BCUT2D eigenvalue weighted by atomic mass is 10.0. The number of carbonyl (C=O) groups excluding carboxylic acids is 1. The monoisotopic (exact) mass is 310 g/mol. The highest BCUT2D eigenvalue weighted by Gasteiger charge is 2.02. The van der Waals surface area contributed by atoms with Crippen LogP contribution in [0.3, 0.4) is 0 Å². The summed E-state index contributed by atoms with van der Waals surface area (Å²) in [5.41, 5.74) is 3.60. The lowest BCUT2D eigenvalue weighted by molar-refractivity contribution is -0.119. The Labute approximate surface area is 139 Å². The number of nitrogens with one attached hydrogen (secondary N) is 2. The summed E-state index contributed by atoms with van der Waals surface area (Å²) < 4.78 is 0. The third-order valence-corrected chi connectivity index (χ3v) is 3.84. The molecule has 0 aromatic heterocycles. The largest absolute Gasteiger partial charge is 0.376 e. The van der Waals surface area contributed by atoms with Gasteiger partial charge in [0.25, 0.3) is 0 Å². The van der Waals surface area contributed by atoms with Crippen LogP contribution in [0.2, 0.25) is 0 Å². The van der Waals surface area contributed by atoms with Crippen LogP contribution in [0.15, 0.2) is 54.6 Å². The van der Waals surface area contributed by atoms with Crippen molar-refractivity contribution in [3.63, 3.8) is 0 Å². The second-order valence-electron chi connectivity index (χ2n) is 6.07. The Bertz CT molecular complexity index is 591. The first-order valence-corrected chi connectivity index (χ1v) is 8.29. The second-order valence-corrected chi connectivity index (χ2v) is 6.07. The first kappa shape index (κ1) is 17.1.